The summed E-state index contributed by atoms with van der Waals surface area (Å²) in [6, 6.07) is 8.79. The van der Waals surface area contributed by atoms with Gasteiger partial charge in [0.15, 0.2) is 0 Å². The minimum absolute atomic E-state index is 0.119. The number of rotatable bonds is 9. The zero-order valence-corrected chi connectivity index (χ0v) is 25.3. The largest absolute Gasteiger partial charge is 0.447 e. The fraction of sp³-hybridized carbons (Fsp3) is 0.387. The number of aromatic nitrogens is 1. The molecule has 0 radical (unpaired) electrons. The highest BCUT2D eigenvalue weighted by atomic mass is 35.5. The Balaban J connectivity index is 1.83. The van der Waals surface area contributed by atoms with E-state index >= 15 is 0 Å². The highest BCUT2D eigenvalue weighted by molar-refractivity contribution is 6.30. The van der Waals surface area contributed by atoms with Crippen molar-refractivity contribution in [3.05, 3.63) is 88.6 Å². The monoisotopic (exact) mass is 594 g/mol. The van der Waals surface area contributed by atoms with Gasteiger partial charge in [-0.1, -0.05) is 30.3 Å². The average Bonchev–Trinajstić information content (AvgIpc) is 3.11. The van der Waals surface area contributed by atoms with Crippen LogP contribution >= 0.6 is 11.6 Å². The second kappa shape index (κ2) is 13.9. The summed E-state index contributed by atoms with van der Waals surface area (Å²) in [6.07, 6.45) is 6.43. The fourth-order valence-corrected chi connectivity index (χ4v) is 5.58. The van der Waals surface area contributed by atoms with Crippen LogP contribution in [0, 0.1) is 0 Å². The number of methoxy groups -OCH3 is 1. The maximum absolute atomic E-state index is 12.9. The van der Waals surface area contributed by atoms with Gasteiger partial charge in [-0.05, 0) is 66.6 Å². The standard InChI is InChI=1S/C31H39ClN6O4/c1-6-36(4)26(18-33)29(35-27(39)19-41-5)25-16-21-8-7-11-34-28(21)30(23-10-9-22(32)17-24(23)25)37-12-14-38(15-13-37)31(40)42-20(2)3/h6-11,16-18,20,29-30H,1,12-15,19,33H2,2-5H3,(H,35,39)/b26-18-. The summed E-state index contributed by atoms with van der Waals surface area (Å²) in [4.78, 5) is 36.2. The van der Waals surface area contributed by atoms with Crippen molar-refractivity contribution in [2.75, 3.05) is 46.9 Å². The summed E-state index contributed by atoms with van der Waals surface area (Å²) in [5, 5.41) is 3.65. The zero-order valence-electron chi connectivity index (χ0n) is 24.5. The third-order valence-electron chi connectivity index (χ3n) is 7.38. The molecule has 2 aliphatic rings. The number of carbonyl (C=O) groups excluding carboxylic acids is 2. The molecule has 1 aliphatic heterocycles. The fourth-order valence-electron chi connectivity index (χ4n) is 5.40. The number of halogens is 1. The van der Waals surface area contributed by atoms with Crippen LogP contribution < -0.4 is 11.1 Å². The van der Waals surface area contributed by atoms with Crippen molar-refractivity contribution in [2.45, 2.75) is 32.0 Å². The van der Waals surface area contributed by atoms with Crippen molar-refractivity contribution in [1.82, 2.24) is 25.0 Å². The number of amides is 2. The molecule has 1 saturated heterocycles. The van der Waals surface area contributed by atoms with Gasteiger partial charge in [-0.15, -0.1) is 0 Å². The molecule has 2 amide bonds. The number of ether oxygens (including phenoxy) is 2. The Hall–Kier alpha value is -3.86. The van der Waals surface area contributed by atoms with Crippen LogP contribution in [0.4, 0.5) is 4.79 Å². The lowest BCUT2D eigenvalue weighted by molar-refractivity contribution is -0.124. The van der Waals surface area contributed by atoms with Crippen molar-refractivity contribution >= 4 is 35.3 Å². The summed E-state index contributed by atoms with van der Waals surface area (Å²) >= 11 is 6.61. The molecule has 224 valence electrons. The van der Waals surface area contributed by atoms with Gasteiger partial charge in [0.05, 0.1) is 29.6 Å². The van der Waals surface area contributed by atoms with E-state index in [1.165, 1.54) is 13.3 Å². The second-order valence-corrected chi connectivity index (χ2v) is 10.9. The van der Waals surface area contributed by atoms with Crippen molar-refractivity contribution < 1.29 is 19.1 Å². The molecule has 10 nitrogen and oxygen atoms in total. The smallest absolute Gasteiger partial charge is 0.410 e. The molecule has 2 aromatic rings. The first kappa shape index (κ1) is 31.1. The maximum atomic E-state index is 12.9. The van der Waals surface area contributed by atoms with Crippen molar-refractivity contribution in [3.63, 3.8) is 0 Å². The van der Waals surface area contributed by atoms with Crippen LogP contribution in [0.2, 0.25) is 5.02 Å². The molecule has 2 atom stereocenters. The summed E-state index contributed by atoms with van der Waals surface area (Å²) < 4.78 is 10.5. The Kier molecular flexibility index (Phi) is 10.3. The zero-order chi connectivity index (χ0) is 30.4. The first-order valence-electron chi connectivity index (χ1n) is 13.9. The number of hydrogen-bond acceptors (Lipinski definition) is 8. The topological polar surface area (TPSA) is 113 Å². The van der Waals surface area contributed by atoms with Crippen LogP contribution in [-0.4, -0.2) is 90.8 Å². The van der Waals surface area contributed by atoms with Gasteiger partial charge in [0.25, 0.3) is 0 Å². The van der Waals surface area contributed by atoms with Crippen LogP contribution in [0.3, 0.4) is 0 Å². The number of pyridine rings is 1. The quantitative estimate of drug-likeness (QED) is 0.450. The number of carbonyl (C=O) groups is 2. The van der Waals surface area contributed by atoms with Gasteiger partial charge >= 0.3 is 6.09 Å². The van der Waals surface area contributed by atoms with Gasteiger partial charge in [-0.25, -0.2) is 4.79 Å². The second-order valence-electron chi connectivity index (χ2n) is 10.5. The molecular weight excluding hydrogens is 556 g/mol. The lowest BCUT2D eigenvalue weighted by Gasteiger charge is -2.39. The van der Waals surface area contributed by atoms with E-state index in [1.54, 1.807) is 22.2 Å². The molecular formula is C31H39ClN6O4. The number of benzene rings is 1. The molecule has 11 heteroatoms. The van der Waals surface area contributed by atoms with Crippen LogP contribution in [0.1, 0.15) is 42.3 Å². The van der Waals surface area contributed by atoms with E-state index in [9.17, 15) is 9.59 Å². The molecule has 0 spiro atoms. The predicted octanol–water partition coefficient (Wildman–Crippen LogP) is 3.85. The number of nitrogens with zero attached hydrogens (tertiary/aromatic N) is 4. The van der Waals surface area contributed by atoms with Crippen LogP contribution in [0.15, 0.2) is 61.2 Å². The van der Waals surface area contributed by atoms with Gasteiger partial charge in [-0.2, -0.15) is 0 Å². The molecule has 2 unspecified atom stereocenters. The van der Waals surface area contributed by atoms with E-state index in [-0.39, 0.29) is 30.8 Å². The van der Waals surface area contributed by atoms with Gasteiger partial charge < -0.3 is 30.3 Å². The SMILES string of the molecule is C=CN(C)/C(=C\N)C(NC(=O)COC)C1=Cc2cccnc2C(N2CCN(C(=O)OC(C)C)CC2)c2ccc(Cl)cc21. The Morgan fingerprint density at radius 3 is 2.64 bits per heavy atom. The van der Waals surface area contributed by atoms with E-state index < -0.39 is 6.04 Å². The minimum Gasteiger partial charge on any atom is -0.447 e. The van der Waals surface area contributed by atoms with Crippen LogP contribution in [0.5, 0.6) is 0 Å². The normalized spacial score (nSPS) is 17.9. The van der Waals surface area contributed by atoms with E-state index in [0.717, 1.165) is 28.0 Å². The van der Waals surface area contributed by atoms with Crippen molar-refractivity contribution in [3.8, 4) is 0 Å². The van der Waals surface area contributed by atoms with Crippen LogP contribution in [-0.2, 0) is 14.3 Å². The number of hydrogen-bond donors (Lipinski definition) is 2. The van der Waals surface area contributed by atoms with Gasteiger partial charge in [0, 0.05) is 57.8 Å². The van der Waals surface area contributed by atoms with Gasteiger partial charge in [-0.3, -0.25) is 14.7 Å². The summed E-state index contributed by atoms with van der Waals surface area (Å²) in [6.45, 7) is 9.74. The first-order chi connectivity index (χ1) is 20.2. The molecule has 0 saturated carbocycles. The molecule has 3 N–H and O–H groups in total. The molecule has 1 aromatic heterocycles. The maximum Gasteiger partial charge on any atom is 0.410 e. The Bertz CT molecular complexity index is 1370. The number of piperazine rings is 1. The summed E-state index contributed by atoms with van der Waals surface area (Å²) in [5.74, 6) is -0.305. The predicted molar refractivity (Wildman–Crippen MR) is 164 cm³/mol. The van der Waals surface area contributed by atoms with E-state index in [2.05, 4.69) is 16.8 Å². The van der Waals surface area contributed by atoms with Gasteiger partial charge in [0.1, 0.15) is 6.61 Å². The summed E-state index contributed by atoms with van der Waals surface area (Å²) in [5.41, 5.74) is 11.2. The lowest BCUT2D eigenvalue weighted by atomic mass is 9.89. The number of nitrogens with one attached hydrogen (secondary N) is 1. The number of fused-ring (bicyclic) bond motifs is 2. The summed E-state index contributed by atoms with van der Waals surface area (Å²) in [7, 11) is 3.29. The molecule has 1 aromatic carbocycles. The lowest BCUT2D eigenvalue weighted by Crippen LogP contribution is -2.50. The van der Waals surface area contributed by atoms with Crippen molar-refractivity contribution in [1.29, 1.82) is 0 Å². The minimum atomic E-state index is -0.660. The molecule has 4 rings (SSSR count). The number of nitrogens with two attached hydrogens (primary N) is 1. The third kappa shape index (κ3) is 6.78. The molecule has 1 fully saturated rings. The van der Waals surface area contributed by atoms with E-state index in [4.69, 9.17) is 31.8 Å². The third-order valence-corrected chi connectivity index (χ3v) is 7.61. The average molecular weight is 595 g/mol. The Morgan fingerprint density at radius 1 is 1.26 bits per heavy atom. The molecule has 1 aliphatic carbocycles. The Labute approximate surface area is 252 Å². The first-order valence-corrected chi connectivity index (χ1v) is 14.3. The van der Waals surface area contributed by atoms with Crippen molar-refractivity contribution in [2.24, 2.45) is 5.73 Å². The molecule has 0 bridgehead atoms. The molecule has 42 heavy (non-hydrogen) atoms. The van der Waals surface area contributed by atoms with E-state index in [1.807, 2.05) is 57.3 Å². The number of likely N-dealkylation sites (N-methyl/N-ethyl adjacent to an activating group) is 1. The molecule has 2 heterocycles. The highest BCUT2D eigenvalue weighted by Crippen LogP contribution is 2.42. The highest BCUT2D eigenvalue weighted by Gasteiger charge is 2.36. The Morgan fingerprint density at radius 2 is 2.00 bits per heavy atom. The van der Waals surface area contributed by atoms with Crippen LogP contribution in [0.25, 0.3) is 11.6 Å². The van der Waals surface area contributed by atoms with Gasteiger partial charge in [0.2, 0.25) is 5.91 Å². The van der Waals surface area contributed by atoms with E-state index in [0.29, 0.717) is 36.9 Å².